The zero-order valence-electron chi connectivity index (χ0n) is 8.23. The second kappa shape index (κ2) is 3.08. The number of para-hydroxylation sites is 2. The zero-order chi connectivity index (χ0) is 10.3. The highest BCUT2D eigenvalue weighted by Crippen LogP contribution is 2.19. The summed E-state index contributed by atoms with van der Waals surface area (Å²) in [5, 5.41) is 0. The molecule has 0 bridgehead atoms. The fourth-order valence-electron chi connectivity index (χ4n) is 1.90. The van der Waals surface area contributed by atoms with Crippen LogP contribution in [0.4, 0.5) is 5.95 Å². The number of fused-ring (bicyclic) bond motifs is 1. The Hall–Kier alpha value is -1.84. The van der Waals surface area contributed by atoms with Gasteiger partial charge < -0.3 is 9.88 Å². The molecule has 0 amide bonds. The van der Waals surface area contributed by atoms with Gasteiger partial charge in [-0.1, -0.05) is 12.1 Å². The molecule has 1 fully saturated rings. The Morgan fingerprint density at radius 3 is 2.93 bits per heavy atom. The van der Waals surface area contributed by atoms with Gasteiger partial charge in [0.15, 0.2) is 5.78 Å². The molecule has 1 aromatic carbocycles. The maximum Gasteiger partial charge on any atom is 0.204 e. The van der Waals surface area contributed by atoms with Crippen LogP contribution in [0.5, 0.6) is 0 Å². The summed E-state index contributed by atoms with van der Waals surface area (Å²) in [5.41, 5.74) is 1.97. The maximum atomic E-state index is 11.2. The fraction of sp³-hybridized carbons (Fsp3) is 0.273. The monoisotopic (exact) mass is 201 g/mol. The Labute approximate surface area is 86.9 Å². The van der Waals surface area contributed by atoms with Crippen molar-refractivity contribution in [2.45, 2.75) is 6.42 Å². The first kappa shape index (κ1) is 8.47. The molecular weight excluding hydrogens is 190 g/mol. The van der Waals surface area contributed by atoms with E-state index < -0.39 is 0 Å². The van der Waals surface area contributed by atoms with E-state index in [2.05, 4.69) is 9.97 Å². The molecule has 0 aliphatic carbocycles. The van der Waals surface area contributed by atoms with Crippen LogP contribution in [0.3, 0.4) is 0 Å². The Morgan fingerprint density at radius 1 is 1.33 bits per heavy atom. The second-order valence-corrected chi connectivity index (χ2v) is 3.79. The van der Waals surface area contributed by atoms with Crippen molar-refractivity contribution in [1.29, 1.82) is 0 Å². The number of hydrogen-bond donors (Lipinski definition) is 1. The quantitative estimate of drug-likeness (QED) is 0.757. The van der Waals surface area contributed by atoms with Gasteiger partial charge in [-0.3, -0.25) is 4.79 Å². The average Bonchev–Trinajstić information content (AvgIpc) is 2.82. The standard InChI is InChI=1S/C11H11N3O/c15-8-5-6-14(7-8)11-12-9-3-1-2-4-10(9)13-11/h1-4H,5-7H2,(H,12,13). The van der Waals surface area contributed by atoms with Crippen molar-refractivity contribution in [3.63, 3.8) is 0 Å². The van der Waals surface area contributed by atoms with Crippen molar-refractivity contribution in [1.82, 2.24) is 9.97 Å². The van der Waals surface area contributed by atoms with Gasteiger partial charge in [-0.05, 0) is 12.1 Å². The van der Waals surface area contributed by atoms with Gasteiger partial charge in [0.25, 0.3) is 0 Å². The van der Waals surface area contributed by atoms with Gasteiger partial charge in [-0.15, -0.1) is 0 Å². The number of benzene rings is 1. The summed E-state index contributed by atoms with van der Waals surface area (Å²) in [5.74, 6) is 1.09. The van der Waals surface area contributed by atoms with Crippen LogP contribution in [0.15, 0.2) is 24.3 Å². The summed E-state index contributed by atoms with van der Waals surface area (Å²) in [6.07, 6.45) is 0.636. The lowest BCUT2D eigenvalue weighted by atomic mass is 10.3. The van der Waals surface area contributed by atoms with E-state index in [-0.39, 0.29) is 5.78 Å². The lowest BCUT2D eigenvalue weighted by Gasteiger charge is -2.11. The first-order valence-electron chi connectivity index (χ1n) is 5.04. The highest BCUT2D eigenvalue weighted by atomic mass is 16.1. The molecule has 1 aromatic heterocycles. The molecule has 0 unspecified atom stereocenters. The zero-order valence-corrected chi connectivity index (χ0v) is 8.23. The van der Waals surface area contributed by atoms with Crippen LogP contribution >= 0.6 is 0 Å². The molecule has 4 nitrogen and oxygen atoms in total. The Bertz CT molecular complexity index is 484. The minimum Gasteiger partial charge on any atom is -0.335 e. The summed E-state index contributed by atoms with van der Waals surface area (Å²) in [6, 6.07) is 7.89. The summed E-state index contributed by atoms with van der Waals surface area (Å²) in [7, 11) is 0. The second-order valence-electron chi connectivity index (χ2n) is 3.79. The molecule has 76 valence electrons. The first-order valence-corrected chi connectivity index (χ1v) is 5.04. The number of H-pyrrole nitrogens is 1. The number of carbonyl (C=O) groups is 1. The van der Waals surface area contributed by atoms with Crippen LogP contribution in [0.25, 0.3) is 11.0 Å². The predicted octanol–water partition coefficient (Wildman–Crippen LogP) is 1.34. The van der Waals surface area contributed by atoms with E-state index in [9.17, 15) is 4.79 Å². The van der Waals surface area contributed by atoms with Crippen molar-refractivity contribution in [2.24, 2.45) is 0 Å². The Morgan fingerprint density at radius 2 is 2.20 bits per heavy atom. The van der Waals surface area contributed by atoms with E-state index in [4.69, 9.17) is 0 Å². The van der Waals surface area contributed by atoms with Gasteiger partial charge in [-0.25, -0.2) is 4.98 Å². The number of aromatic amines is 1. The SMILES string of the molecule is O=C1CCN(c2nc3ccccc3[nH]2)C1. The van der Waals surface area contributed by atoms with E-state index in [1.54, 1.807) is 0 Å². The minimum absolute atomic E-state index is 0.287. The van der Waals surface area contributed by atoms with Crippen LogP contribution in [0.2, 0.25) is 0 Å². The van der Waals surface area contributed by atoms with Crippen LogP contribution in [0.1, 0.15) is 6.42 Å². The summed E-state index contributed by atoms with van der Waals surface area (Å²) >= 11 is 0. The van der Waals surface area contributed by atoms with E-state index in [1.165, 1.54) is 0 Å². The van der Waals surface area contributed by atoms with E-state index >= 15 is 0 Å². The van der Waals surface area contributed by atoms with Gasteiger partial charge in [0.1, 0.15) is 0 Å². The summed E-state index contributed by atoms with van der Waals surface area (Å²) < 4.78 is 0. The minimum atomic E-state index is 0.287. The lowest BCUT2D eigenvalue weighted by Crippen LogP contribution is -2.20. The molecule has 1 aliphatic heterocycles. The molecule has 4 heteroatoms. The Balaban J connectivity index is 2.01. The molecule has 0 spiro atoms. The molecule has 1 N–H and O–H groups in total. The van der Waals surface area contributed by atoms with E-state index in [0.29, 0.717) is 13.0 Å². The normalized spacial score (nSPS) is 16.5. The maximum absolute atomic E-state index is 11.2. The smallest absolute Gasteiger partial charge is 0.204 e. The van der Waals surface area contributed by atoms with Gasteiger partial charge in [0.05, 0.1) is 17.6 Å². The lowest BCUT2D eigenvalue weighted by molar-refractivity contribution is -0.116. The van der Waals surface area contributed by atoms with Gasteiger partial charge in [-0.2, -0.15) is 0 Å². The highest BCUT2D eigenvalue weighted by Gasteiger charge is 2.21. The van der Waals surface area contributed by atoms with Crippen molar-refractivity contribution in [3.8, 4) is 0 Å². The number of hydrogen-bond acceptors (Lipinski definition) is 3. The van der Waals surface area contributed by atoms with E-state index in [0.717, 1.165) is 23.5 Å². The average molecular weight is 201 g/mol. The molecule has 0 radical (unpaired) electrons. The Kier molecular flexibility index (Phi) is 1.74. The molecule has 2 aromatic rings. The molecule has 1 saturated heterocycles. The largest absolute Gasteiger partial charge is 0.335 e. The summed E-state index contributed by atoms with van der Waals surface area (Å²) in [6.45, 7) is 1.26. The molecular formula is C11H11N3O. The number of nitrogens with one attached hydrogen (secondary N) is 1. The van der Waals surface area contributed by atoms with Gasteiger partial charge in [0, 0.05) is 13.0 Å². The number of imidazole rings is 1. The molecule has 2 heterocycles. The van der Waals surface area contributed by atoms with Crippen molar-refractivity contribution < 1.29 is 4.79 Å². The number of ketones is 1. The van der Waals surface area contributed by atoms with Crippen LogP contribution in [-0.2, 0) is 4.79 Å². The third-order valence-corrected chi connectivity index (χ3v) is 2.70. The number of aromatic nitrogens is 2. The van der Waals surface area contributed by atoms with E-state index in [1.807, 2.05) is 29.2 Å². The predicted molar refractivity (Wildman–Crippen MR) is 57.9 cm³/mol. The number of rotatable bonds is 1. The molecule has 0 atom stereocenters. The van der Waals surface area contributed by atoms with Crippen LogP contribution < -0.4 is 4.90 Å². The highest BCUT2D eigenvalue weighted by molar-refractivity contribution is 5.87. The molecule has 15 heavy (non-hydrogen) atoms. The third kappa shape index (κ3) is 1.38. The molecule has 0 saturated carbocycles. The molecule has 3 rings (SSSR count). The summed E-state index contributed by atoms with van der Waals surface area (Å²) in [4.78, 5) is 20.8. The fourth-order valence-corrected chi connectivity index (χ4v) is 1.90. The number of anilines is 1. The topological polar surface area (TPSA) is 49.0 Å². The van der Waals surface area contributed by atoms with Crippen molar-refractivity contribution in [2.75, 3.05) is 18.0 Å². The van der Waals surface area contributed by atoms with Crippen molar-refractivity contribution in [3.05, 3.63) is 24.3 Å². The molecule has 1 aliphatic rings. The van der Waals surface area contributed by atoms with Gasteiger partial charge >= 0.3 is 0 Å². The van der Waals surface area contributed by atoms with Crippen molar-refractivity contribution >= 4 is 22.8 Å². The first-order chi connectivity index (χ1) is 7.33. The van der Waals surface area contributed by atoms with Gasteiger partial charge in [0.2, 0.25) is 5.95 Å². The van der Waals surface area contributed by atoms with Crippen LogP contribution in [0, 0.1) is 0 Å². The number of carbonyl (C=O) groups excluding carboxylic acids is 1. The third-order valence-electron chi connectivity index (χ3n) is 2.70. The van der Waals surface area contributed by atoms with Crippen LogP contribution in [-0.4, -0.2) is 28.8 Å². The number of Topliss-reactive ketones (excluding diaryl/α,β-unsaturated/α-hetero) is 1. The number of nitrogens with zero attached hydrogens (tertiary/aromatic N) is 2.